The van der Waals surface area contributed by atoms with Gasteiger partial charge < -0.3 is 10.8 Å². The second-order valence-electron chi connectivity index (χ2n) is 4.65. The van der Waals surface area contributed by atoms with Crippen molar-refractivity contribution in [3.8, 4) is 0 Å². The molecule has 5 heteroatoms. The van der Waals surface area contributed by atoms with Crippen molar-refractivity contribution >= 4 is 12.1 Å². The molecule has 4 N–H and O–H groups in total. The minimum atomic E-state index is -0.333. The number of hydrogen-bond acceptors (Lipinski definition) is 4. The summed E-state index contributed by atoms with van der Waals surface area (Å²) >= 11 is 0. The first-order valence-corrected chi connectivity index (χ1v) is 6.90. The van der Waals surface area contributed by atoms with Gasteiger partial charge in [0.1, 0.15) is 5.76 Å². The lowest BCUT2D eigenvalue weighted by Gasteiger charge is -2.09. The van der Waals surface area contributed by atoms with Crippen LogP contribution >= 0.6 is 0 Å². The molecule has 0 bridgehead atoms. The third-order valence-electron chi connectivity index (χ3n) is 2.98. The summed E-state index contributed by atoms with van der Waals surface area (Å²) in [5.41, 5.74) is 10.1. The van der Waals surface area contributed by atoms with Crippen LogP contribution in [0.25, 0.3) is 0 Å². The van der Waals surface area contributed by atoms with Gasteiger partial charge in [-0.15, -0.1) is 0 Å². The average molecular weight is 299 g/mol. The minimum Gasteiger partial charge on any atom is -0.507 e. The van der Waals surface area contributed by atoms with Gasteiger partial charge in [-0.3, -0.25) is 4.79 Å². The summed E-state index contributed by atoms with van der Waals surface area (Å²) in [7, 11) is 0. The highest BCUT2D eigenvalue weighted by atomic mass is 16.3. The van der Waals surface area contributed by atoms with Gasteiger partial charge in [0, 0.05) is 11.1 Å². The molecule has 5 nitrogen and oxygen atoms in total. The molecular formula is C17H21N3O2. The summed E-state index contributed by atoms with van der Waals surface area (Å²) in [4.78, 5) is 11.9. The molecule has 0 aromatic heterocycles. The molecule has 22 heavy (non-hydrogen) atoms. The maximum Gasteiger partial charge on any atom is 0.271 e. The van der Waals surface area contributed by atoms with Crippen LogP contribution in [-0.2, 0) is 0 Å². The Bertz CT molecular complexity index is 629. The van der Waals surface area contributed by atoms with Gasteiger partial charge in [0.15, 0.2) is 0 Å². The van der Waals surface area contributed by atoms with E-state index in [1.165, 1.54) is 12.4 Å². The number of hydrazone groups is 1. The molecule has 0 unspecified atom stereocenters. The molecule has 1 aromatic rings. The third kappa shape index (κ3) is 4.63. The number of aliphatic hydroxyl groups excluding tert-OH is 1. The SMILES string of the molecule is C=C(C)/C(O)=C(/C=N/NC(=O)c1ccccc1)C(=C/N)\CC. The van der Waals surface area contributed by atoms with Gasteiger partial charge in [0.05, 0.1) is 6.21 Å². The van der Waals surface area contributed by atoms with Gasteiger partial charge in [0.25, 0.3) is 5.91 Å². The molecule has 1 rings (SSSR count). The number of nitrogens with zero attached hydrogens (tertiary/aromatic N) is 1. The number of nitrogens with one attached hydrogen (secondary N) is 1. The molecule has 0 aliphatic heterocycles. The Hall–Kier alpha value is -2.82. The number of nitrogens with two attached hydrogens (primary N) is 1. The van der Waals surface area contributed by atoms with Crippen molar-refractivity contribution in [1.82, 2.24) is 5.43 Å². The molecule has 0 radical (unpaired) electrons. The zero-order chi connectivity index (χ0) is 16.5. The van der Waals surface area contributed by atoms with Crippen LogP contribution in [0.15, 0.2) is 70.7 Å². The second-order valence-corrected chi connectivity index (χ2v) is 4.65. The molecule has 0 fully saturated rings. The van der Waals surface area contributed by atoms with Crippen molar-refractivity contribution in [1.29, 1.82) is 0 Å². The number of carbonyl (C=O) groups excluding carboxylic acids is 1. The quantitative estimate of drug-likeness (QED) is 0.326. The van der Waals surface area contributed by atoms with Gasteiger partial charge in [-0.1, -0.05) is 31.7 Å². The number of hydrogen-bond donors (Lipinski definition) is 3. The molecule has 1 amide bonds. The average Bonchev–Trinajstić information content (AvgIpc) is 2.54. The Balaban J connectivity index is 2.94. The number of allylic oxidation sites excluding steroid dienone is 3. The predicted octanol–water partition coefficient (Wildman–Crippen LogP) is 3.04. The lowest BCUT2D eigenvalue weighted by Crippen LogP contribution is -2.17. The van der Waals surface area contributed by atoms with E-state index in [1.807, 2.05) is 13.0 Å². The van der Waals surface area contributed by atoms with Gasteiger partial charge in [-0.05, 0) is 42.8 Å². The van der Waals surface area contributed by atoms with Crippen LogP contribution in [0.3, 0.4) is 0 Å². The zero-order valence-electron chi connectivity index (χ0n) is 12.8. The first kappa shape index (κ1) is 17.2. The van der Waals surface area contributed by atoms with Gasteiger partial charge in [-0.2, -0.15) is 5.10 Å². The predicted molar refractivity (Wildman–Crippen MR) is 89.4 cm³/mol. The van der Waals surface area contributed by atoms with Gasteiger partial charge in [0.2, 0.25) is 0 Å². The number of aliphatic hydroxyl groups is 1. The highest BCUT2D eigenvalue weighted by Gasteiger charge is 2.09. The van der Waals surface area contributed by atoms with E-state index in [4.69, 9.17) is 5.73 Å². The number of benzene rings is 1. The van der Waals surface area contributed by atoms with Crippen LogP contribution in [-0.4, -0.2) is 17.2 Å². The molecule has 0 aliphatic carbocycles. The molecule has 1 aromatic carbocycles. The first-order valence-electron chi connectivity index (χ1n) is 6.90. The fourth-order valence-electron chi connectivity index (χ4n) is 1.73. The summed E-state index contributed by atoms with van der Waals surface area (Å²) in [6.45, 7) is 7.27. The summed E-state index contributed by atoms with van der Waals surface area (Å²) in [6.07, 6.45) is 3.38. The normalized spacial score (nSPS) is 12.9. The van der Waals surface area contributed by atoms with E-state index in [2.05, 4.69) is 17.1 Å². The van der Waals surface area contributed by atoms with Crippen LogP contribution < -0.4 is 11.2 Å². The van der Waals surface area contributed by atoms with E-state index in [0.717, 1.165) is 0 Å². The molecular weight excluding hydrogens is 278 g/mol. The lowest BCUT2D eigenvalue weighted by atomic mass is 10.0. The molecule has 0 saturated heterocycles. The van der Waals surface area contributed by atoms with E-state index in [-0.39, 0.29) is 11.7 Å². The summed E-state index contributed by atoms with van der Waals surface area (Å²) < 4.78 is 0. The molecule has 0 aliphatic rings. The van der Waals surface area contributed by atoms with Gasteiger partial charge in [-0.25, -0.2) is 5.43 Å². The Morgan fingerprint density at radius 3 is 2.55 bits per heavy atom. The Morgan fingerprint density at radius 1 is 1.41 bits per heavy atom. The zero-order valence-corrected chi connectivity index (χ0v) is 12.8. The highest BCUT2D eigenvalue weighted by Crippen LogP contribution is 2.18. The van der Waals surface area contributed by atoms with E-state index in [1.54, 1.807) is 31.2 Å². The van der Waals surface area contributed by atoms with Crippen molar-refractivity contribution in [2.75, 3.05) is 0 Å². The standard InChI is InChI=1S/C17H21N3O2/c1-4-13(10-18)15(16(21)12(2)3)11-19-20-17(22)14-8-6-5-7-9-14/h5-11,21H,2,4,18H2,1,3H3,(H,20,22)/b13-10-,16-15+,19-11+. The number of amides is 1. The Kier molecular flexibility index (Phi) is 6.63. The topological polar surface area (TPSA) is 87.7 Å². The first-order chi connectivity index (χ1) is 10.5. The van der Waals surface area contributed by atoms with Crippen molar-refractivity contribution in [3.63, 3.8) is 0 Å². The fourth-order valence-corrected chi connectivity index (χ4v) is 1.73. The highest BCUT2D eigenvalue weighted by molar-refractivity contribution is 5.95. The summed E-state index contributed by atoms with van der Waals surface area (Å²) in [5, 5.41) is 14.0. The van der Waals surface area contributed by atoms with Crippen molar-refractivity contribution in [2.45, 2.75) is 20.3 Å². The molecule has 116 valence electrons. The maximum atomic E-state index is 11.9. The number of carbonyl (C=O) groups is 1. The van der Waals surface area contributed by atoms with Crippen molar-refractivity contribution in [2.24, 2.45) is 10.8 Å². The molecule has 0 saturated carbocycles. The summed E-state index contributed by atoms with van der Waals surface area (Å²) in [5.74, 6) is -0.336. The van der Waals surface area contributed by atoms with E-state index in [9.17, 15) is 9.90 Å². The smallest absolute Gasteiger partial charge is 0.271 e. The Labute approximate surface area is 130 Å². The molecule has 0 spiro atoms. The van der Waals surface area contributed by atoms with Crippen molar-refractivity contribution < 1.29 is 9.90 Å². The van der Waals surface area contributed by atoms with Crippen LogP contribution in [0.5, 0.6) is 0 Å². The summed E-state index contributed by atoms with van der Waals surface area (Å²) in [6, 6.07) is 8.73. The van der Waals surface area contributed by atoms with E-state index < -0.39 is 0 Å². The van der Waals surface area contributed by atoms with Gasteiger partial charge >= 0.3 is 0 Å². The lowest BCUT2D eigenvalue weighted by molar-refractivity contribution is 0.0955. The molecule has 0 heterocycles. The largest absolute Gasteiger partial charge is 0.507 e. The van der Waals surface area contributed by atoms with Crippen molar-refractivity contribution in [3.05, 3.63) is 71.2 Å². The van der Waals surface area contributed by atoms with Crippen LogP contribution in [0.4, 0.5) is 0 Å². The monoisotopic (exact) mass is 299 g/mol. The second kappa shape index (κ2) is 8.46. The van der Waals surface area contributed by atoms with E-state index in [0.29, 0.717) is 28.7 Å². The minimum absolute atomic E-state index is 0.00346. The van der Waals surface area contributed by atoms with Crippen LogP contribution in [0.1, 0.15) is 30.6 Å². The third-order valence-corrected chi connectivity index (χ3v) is 2.98. The Morgan fingerprint density at radius 2 is 2.05 bits per heavy atom. The van der Waals surface area contributed by atoms with E-state index >= 15 is 0 Å². The van der Waals surface area contributed by atoms with Crippen LogP contribution in [0, 0.1) is 0 Å². The fraction of sp³-hybridized carbons (Fsp3) is 0.176. The number of rotatable bonds is 6. The van der Waals surface area contributed by atoms with Crippen LogP contribution in [0.2, 0.25) is 0 Å². The molecule has 0 atom stereocenters. The maximum absolute atomic E-state index is 11.9.